The minimum absolute atomic E-state index is 0.000494. The lowest BCUT2D eigenvalue weighted by molar-refractivity contribution is 0.443. The van der Waals surface area contributed by atoms with E-state index in [1.54, 1.807) is 12.1 Å². The molecule has 4 rings (SSSR count). The molecule has 0 bridgehead atoms. The number of hydrogen-bond donors (Lipinski definition) is 2. The standard InChI is InChI=1S/C16H12O.C14H22O/c17-14-10-8-13(9-11-14)16-7-3-5-12-4-1-2-6-15(12)16;1-13(2,3)10-7-8-11(12(15)9-10)14(4,5)6/h1-11,17H;7-9,15H,1-6H3. The van der Waals surface area contributed by atoms with Crippen LogP contribution in [0.3, 0.4) is 0 Å². The summed E-state index contributed by atoms with van der Waals surface area (Å²) < 4.78 is 0. The van der Waals surface area contributed by atoms with Gasteiger partial charge in [-0.2, -0.15) is 0 Å². The summed E-state index contributed by atoms with van der Waals surface area (Å²) in [6.45, 7) is 12.8. The molecule has 0 saturated carbocycles. The van der Waals surface area contributed by atoms with Crippen molar-refractivity contribution in [2.45, 2.75) is 52.4 Å². The van der Waals surface area contributed by atoms with Gasteiger partial charge in [-0.05, 0) is 62.1 Å². The van der Waals surface area contributed by atoms with E-state index >= 15 is 0 Å². The maximum absolute atomic E-state index is 9.99. The van der Waals surface area contributed by atoms with Crippen LogP contribution in [0.2, 0.25) is 0 Å². The third-order valence-corrected chi connectivity index (χ3v) is 5.64. The minimum atomic E-state index is 0.000494. The van der Waals surface area contributed by atoms with E-state index < -0.39 is 0 Å². The van der Waals surface area contributed by atoms with Crippen molar-refractivity contribution in [2.24, 2.45) is 0 Å². The molecule has 4 aromatic carbocycles. The zero-order valence-corrected chi connectivity index (χ0v) is 20.0. The lowest BCUT2D eigenvalue weighted by Gasteiger charge is -2.24. The predicted molar refractivity (Wildman–Crippen MR) is 137 cm³/mol. The van der Waals surface area contributed by atoms with Crippen molar-refractivity contribution in [1.29, 1.82) is 0 Å². The highest BCUT2D eigenvalue weighted by atomic mass is 16.3. The van der Waals surface area contributed by atoms with Crippen LogP contribution in [0.15, 0.2) is 84.9 Å². The molecule has 166 valence electrons. The number of phenolic OH excluding ortho intramolecular Hbond substituents is 2. The molecule has 0 aliphatic carbocycles. The van der Waals surface area contributed by atoms with Crippen LogP contribution in [0.4, 0.5) is 0 Å². The van der Waals surface area contributed by atoms with Crippen LogP contribution in [0.5, 0.6) is 11.5 Å². The minimum Gasteiger partial charge on any atom is -0.508 e. The molecule has 2 N–H and O–H groups in total. The lowest BCUT2D eigenvalue weighted by Crippen LogP contribution is -2.14. The summed E-state index contributed by atoms with van der Waals surface area (Å²) in [7, 11) is 0. The van der Waals surface area contributed by atoms with Gasteiger partial charge < -0.3 is 10.2 Å². The van der Waals surface area contributed by atoms with E-state index in [0.29, 0.717) is 11.5 Å². The van der Waals surface area contributed by atoms with Crippen molar-refractivity contribution in [2.75, 3.05) is 0 Å². The van der Waals surface area contributed by atoms with Gasteiger partial charge in [0, 0.05) is 0 Å². The third-order valence-electron chi connectivity index (χ3n) is 5.64. The maximum atomic E-state index is 9.99. The Morgan fingerprint density at radius 2 is 1.22 bits per heavy atom. The van der Waals surface area contributed by atoms with Crippen LogP contribution in [0.1, 0.15) is 52.7 Å². The first-order valence-corrected chi connectivity index (χ1v) is 11.1. The average molecular weight is 427 g/mol. The first kappa shape index (κ1) is 23.4. The van der Waals surface area contributed by atoms with Gasteiger partial charge in [-0.15, -0.1) is 0 Å². The normalized spacial score (nSPS) is 11.7. The first-order valence-electron chi connectivity index (χ1n) is 11.1. The summed E-state index contributed by atoms with van der Waals surface area (Å²) in [4.78, 5) is 0. The molecule has 0 saturated heterocycles. The van der Waals surface area contributed by atoms with Gasteiger partial charge in [0.15, 0.2) is 0 Å². The van der Waals surface area contributed by atoms with Crippen molar-refractivity contribution < 1.29 is 10.2 Å². The highest BCUT2D eigenvalue weighted by Gasteiger charge is 2.21. The van der Waals surface area contributed by atoms with Gasteiger partial charge >= 0.3 is 0 Å². The van der Waals surface area contributed by atoms with E-state index in [2.05, 4.69) is 77.9 Å². The SMILES string of the molecule is CC(C)(C)c1ccc(C(C)(C)C)c(O)c1.Oc1ccc(-c2cccc3ccccc23)cc1. The molecule has 32 heavy (non-hydrogen) atoms. The molecule has 0 unspecified atom stereocenters. The summed E-state index contributed by atoms with van der Waals surface area (Å²) in [5, 5.41) is 21.8. The van der Waals surface area contributed by atoms with Crippen molar-refractivity contribution in [3.63, 3.8) is 0 Å². The second kappa shape index (κ2) is 9.08. The number of fused-ring (bicyclic) bond motifs is 1. The number of rotatable bonds is 1. The Balaban J connectivity index is 0.000000183. The fourth-order valence-corrected chi connectivity index (χ4v) is 3.75. The molecule has 0 fully saturated rings. The van der Waals surface area contributed by atoms with Crippen LogP contribution < -0.4 is 0 Å². The Bertz CT molecular complexity index is 1180. The second-order valence-corrected chi connectivity index (χ2v) is 10.3. The Hall–Kier alpha value is -3.26. The molecular weight excluding hydrogens is 392 g/mol. The largest absolute Gasteiger partial charge is 0.508 e. The maximum Gasteiger partial charge on any atom is 0.119 e. The van der Waals surface area contributed by atoms with E-state index in [-0.39, 0.29) is 10.8 Å². The molecule has 0 aliphatic rings. The highest BCUT2D eigenvalue weighted by molar-refractivity contribution is 5.96. The average Bonchev–Trinajstić information content (AvgIpc) is 2.73. The monoisotopic (exact) mass is 426 g/mol. The van der Waals surface area contributed by atoms with E-state index in [1.807, 2.05) is 36.4 Å². The number of hydrogen-bond acceptors (Lipinski definition) is 2. The van der Waals surface area contributed by atoms with Crippen LogP contribution in [-0.4, -0.2) is 10.2 Å². The van der Waals surface area contributed by atoms with Crippen molar-refractivity contribution >= 4 is 10.8 Å². The Morgan fingerprint density at radius 1 is 0.594 bits per heavy atom. The lowest BCUT2D eigenvalue weighted by atomic mass is 9.81. The topological polar surface area (TPSA) is 40.5 Å². The molecule has 0 aromatic heterocycles. The van der Waals surface area contributed by atoms with Crippen LogP contribution in [-0.2, 0) is 10.8 Å². The predicted octanol–water partition coefficient (Wildman–Crippen LogP) is 8.20. The summed E-state index contributed by atoms with van der Waals surface area (Å²) in [5.41, 5.74) is 4.60. The molecule has 0 heterocycles. The molecule has 0 spiro atoms. The van der Waals surface area contributed by atoms with Gasteiger partial charge in [-0.3, -0.25) is 0 Å². The van der Waals surface area contributed by atoms with Crippen molar-refractivity contribution in [3.8, 4) is 22.6 Å². The fourth-order valence-electron chi connectivity index (χ4n) is 3.75. The quantitative estimate of drug-likeness (QED) is 0.322. The molecule has 0 aliphatic heterocycles. The number of benzene rings is 4. The van der Waals surface area contributed by atoms with E-state index in [4.69, 9.17) is 0 Å². The molecule has 2 nitrogen and oxygen atoms in total. The highest BCUT2D eigenvalue weighted by Crippen LogP contribution is 2.34. The Labute approximate surface area is 192 Å². The summed E-state index contributed by atoms with van der Waals surface area (Å²) >= 11 is 0. The van der Waals surface area contributed by atoms with E-state index in [0.717, 1.165) is 11.1 Å². The van der Waals surface area contributed by atoms with Crippen molar-refractivity contribution in [3.05, 3.63) is 96.1 Å². The van der Waals surface area contributed by atoms with Gasteiger partial charge in [0.05, 0.1) is 0 Å². The molecule has 0 amide bonds. The van der Waals surface area contributed by atoms with Gasteiger partial charge in [-0.25, -0.2) is 0 Å². The van der Waals surface area contributed by atoms with E-state index in [9.17, 15) is 10.2 Å². The first-order chi connectivity index (χ1) is 15.0. The fraction of sp³-hybridized carbons (Fsp3) is 0.267. The molecule has 0 radical (unpaired) electrons. The molecule has 0 atom stereocenters. The number of phenols is 2. The van der Waals surface area contributed by atoms with Gasteiger partial charge in [0.2, 0.25) is 0 Å². The summed E-state index contributed by atoms with van der Waals surface area (Å²) in [6.07, 6.45) is 0. The Morgan fingerprint density at radius 3 is 1.81 bits per heavy atom. The third kappa shape index (κ3) is 5.50. The molecule has 2 heteroatoms. The zero-order valence-electron chi connectivity index (χ0n) is 20.0. The van der Waals surface area contributed by atoms with Crippen LogP contribution in [0.25, 0.3) is 21.9 Å². The van der Waals surface area contributed by atoms with Gasteiger partial charge in [-0.1, -0.05) is 108 Å². The second-order valence-electron chi connectivity index (χ2n) is 10.3. The summed E-state index contributed by atoms with van der Waals surface area (Å²) in [5.74, 6) is 0.712. The number of aromatic hydroxyl groups is 2. The van der Waals surface area contributed by atoms with E-state index in [1.165, 1.54) is 21.9 Å². The van der Waals surface area contributed by atoms with Crippen molar-refractivity contribution in [1.82, 2.24) is 0 Å². The summed E-state index contributed by atoms with van der Waals surface area (Å²) in [6, 6.07) is 28.0. The van der Waals surface area contributed by atoms with Crippen LogP contribution in [0, 0.1) is 0 Å². The smallest absolute Gasteiger partial charge is 0.119 e. The molecule has 4 aromatic rings. The Kier molecular flexibility index (Phi) is 6.64. The molecular formula is C30H34O2. The zero-order chi connectivity index (χ0) is 23.5. The van der Waals surface area contributed by atoms with Crippen LogP contribution >= 0.6 is 0 Å². The van der Waals surface area contributed by atoms with Gasteiger partial charge in [0.1, 0.15) is 11.5 Å². The van der Waals surface area contributed by atoms with Gasteiger partial charge in [0.25, 0.3) is 0 Å².